The minimum Gasteiger partial charge on any atom is -0.756 e. The number of nitrogens with zero attached hydrogens (tertiary/aromatic N) is 1. The molecule has 10 heteroatoms. The van der Waals surface area contributed by atoms with E-state index < -0.39 is 26.5 Å². The van der Waals surface area contributed by atoms with Crippen LogP contribution in [0.1, 0.15) is 361 Å². The van der Waals surface area contributed by atoms with Crippen LogP contribution in [0.15, 0.2) is 72.9 Å². The van der Waals surface area contributed by atoms with Gasteiger partial charge in [0.1, 0.15) is 19.8 Å². The lowest BCUT2D eigenvalue weighted by Crippen LogP contribution is -2.37. The number of allylic oxidation sites excluding steroid dienone is 12. The number of phosphoric ester groups is 1. The SMILES string of the molecule is CC/C=C\C/C=C\C/C=C\C/C=C\C/C=C\C/C=C\CCCCCCCCCCCCCCCCCCCCCCCCC(=O)OC(COC(=O)CCCCCCCCCCCCCCCCCCCCCCCCC)COP(=O)([O-])OCC[N+](C)(C)C. The molecule has 2 unspecified atom stereocenters. The Morgan fingerprint density at radius 3 is 0.966 bits per heavy atom. The van der Waals surface area contributed by atoms with E-state index in [1.807, 2.05) is 21.1 Å². The van der Waals surface area contributed by atoms with Crippen molar-refractivity contribution in [3.8, 4) is 0 Å². The molecule has 0 bridgehead atoms. The molecule has 0 amide bonds. The second-order valence-corrected chi connectivity index (χ2v) is 28.1. The standard InChI is InChI=1S/C78H144NO8P/c1-6-8-10-12-14-16-18-20-22-24-26-28-30-31-32-33-34-35-36-37-38-39-40-41-42-43-44-45-46-47-49-51-53-55-57-59-61-63-65-67-69-71-78(81)87-76(75-86-88(82,83)85-73-72-79(3,4)5)74-84-77(80)70-68-66-64-62-60-58-56-54-52-50-48-29-27-25-23-21-19-17-15-13-11-9-7-2/h8,10,14,16,20,22,26,28,31-32,34-35,76H,6-7,9,11-13,15,17-19,21,23-25,27,29-30,33,36-75H2,1-5H3/b10-8-,16-14-,22-20-,28-26-,32-31-,35-34-. The summed E-state index contributed by atoms with van der Waals surface area (Å²) in [6.45, 7) is 4.19. The number of carbonyl (C=O) groups is 2. The largest absolute Gasteiger partial charge is 0.756 e. The number of carbonyl (C=O) groups excluding carboxylic acids is 2. The first-order chi connectivity index (χ1) is 43.0. The van der Waals surface area contributed by atoms with Gasteiger partial charge in [0, 0.05) is 12.8 Å². The molecule has 2 atom stereocenters. The molecule has 0 aromatic rings. The summed E-state index contributed by atoms with van der Waals surface area (Å²) in [5.74, 6) is -0.811. The van der Waals surface area contributed by atoms with E-state index in [-0.39, 0.29) is 32.0 Å². The number of unbranched alkanes of at least 4 members (excludes halogenated alkanes) is 44. The molecule has 0 aliphatic rings. The summed E-state index contributed by atoms with van der Waals surface area (Å²) >= 11 is 0. The molecule has 0 aromatic heterocycles. The molecule has 0 aliphatic carbocycles. The molecule has 0 spiro atoms. The zero-order valence-electron chi connectivity index (χ0n) is 58.7. The zero-order valence-corrected chi connectivity index (χ0v) is 59.6. The fourth-order valence-corrected chi connectivity index (χ4v) is 11.7. The molecule has 0 aliphatic heterocycles. The van der Waals surface area contributed by atoms with Gasteiger partial charge in [0.05, 0.1) is 27.7 Å². The molecule has 9 nitrogen and oxygen atoms in total. The summed E-state index contributed by atoms with van der Waals surface area (Å²) in [5.41, 5.74) is 0. The van der Waals surface area contributed by atoms with Gasteiger partial charge in [-0.1, -0.05) is 356 Å². The fraction of sp³-hybridized carbons (Fsp3) is 0.821. The van der Waals surface area contributed by atoms with E-state index in [1.54, 1.807) is 0 Å². The first kappa shape index (κ1) is 85.5. The van der Waals surface area contributed by atoms with Gasteiger partial charge in [-0.05, 0) is 64.2 Å². The number of likely N-dealkylation sites (N-methyl/N-ethyl adjacent to an activating group) is 1. The highest BCUT2D eigenvalue weighted by molar-refractivity contribution is 7.45. The predicted octanol–water partition coefficient (Wildman–Crippen LogP) is 24.1. The van der Waals surface area contributed by atoms with Crippen LogP contribution < -0.4 is 4.89 Å². The molecule has 0 radical (unpaired) electrons. The van der Waals surface area contributed by atoms with Crippen LogP contribution in [0, 0.1) is 0 Å². The average molecular weight is 1250 g/mol. The van der Waals surface area contributed by atoms with Crippen LogP contribution >= 0.6 is 7.82 Å². The second kappa shape index (κ2) is 68.8. The van der Waals surface area contributed by atoms with Crippen molar-refractivity contribution in [2.75, 3.05) is 47.5 Å². The van der Waals surface area contributed by atoms with E-state index in [9.17, 15) is 19.0 Å². The van der Waals surface area contributed by atoms with Gasteiger partial charge in [-0.2, -0.15) is 0 Å². The third-order valence-corrected chi connectivity index (χ3v) is 17.7. The highest BCUT2D eigenvalue weighted by Gasteiger charge is 2.22. The van der Waals surface area contributed by atoms with Crippen molar-refractivity contribution < 1.29 is 42.1 Å². The monoisotopic (exact) mass is 1250 g/mol. The van der Waals surface area contributed by atoms with Gasteiger partial charge in [0.25, 0.3) is 7.82 Å². The van der Waals surface area contributed by atoms with Gasteiger partial charge in [-0.25, -0.2) is 0 Å². The lowest BCUT2D eigenvalue weighted by molar-refractivity contribution is -0.870. The Bertz CT molecular complexity index is 1710. The van der Waals surface area contributed by atoms with Crippen LogP contribution in [0.3, 0.4) is 0 Å². The molecular weight excluding hydrogens is 1110 g/mol. The molecule has 88 heavy (non-hydrogen) atoms. The Balaban J connectivity index is 3.92. The fourth-order valence-electron chi connectivity index (χ4n) is 11.0. The molecule has 514 valence electrons. The highest BCUT2D eigenvalue weighted by atomic mass is 31.2. The van der Waals surface area contributed by atoms with Gasteiger partial charge in [-0.15, -0.1) is 0 Å². The normalized spacial score (nSPS) is 13.5. The highest BCUT2D eigenvalue weighted by Crippen LogP contribution is 2.38. The minimum absolute atomic E-state index is 0.0285. The van der Waals surface area contributed by atoms with Gasteiger partial charge in [0.2, 0.25) is 0 Å². The van der Waals surface area contributed by atoms with Crippen molar-refractivity contribution in [3.05, 3.63) is 72.9 Å². The van der Waals surface area contributed by atoms with E-state index in [1.165, 1.54) is 257 Å². The summed E-state index contributed by atoms with van der Waals surface area (Å²) in [7, 11) is 1.18. The molecular formula is C78H144NO8P. The van der Waals surface area contributed by atoms with Crippen LogP contribution in [0.5, 0.6) is 0 Å². The van der Waals surface area contributed by atoms with Gasteiger partial charge < -0.3 is 27.9 Å². The third-order valence-electron chi connectivity index (χ3n) is 16.7. The van der Waals surface area contributed by atoms with E-state index >= 15 is 0 Å². The van der Waals surface area contributed by atoms with Gasteiger partial charge in [0.15, 0.2) is 6.10 Å². The molecule has 0 heterocycles. The minimum atomic E-state index is -4.64. The number of rotatable bonds is 70. The van der Waals surface area contributed by atoms with E-state index in [0.717, 1.165) is 70.6 Å². The maximum atomic E-state index is 12.9. The molecule has 0 rings (SSSR count). The smallest absolute Gasteiger partial charge is 0.306 e. The van der Waals surface area contributed by atoms with Crippen molar-refractivity contribution in [2.24, 2.45) is 0 Å². The quantitative estimate of drug-likeness (QED) is 0.0195. The van der Waals surface area contributed by atoms with Crippen LogP contribution in [-0.2, 0) is 32.7 Å². The van der Waals surface area contributed by atoms with Crippen LogP contribution in [0.4, 0.5) is 0 Å². The zero-order chi connectivity index (χ0) is 64.1. The molecule has 0 aromatic carbocycles. The van der Waals surface area contributed by atoms with E-state index in [0.29, 0.717) is 17.4 Å². The van der Waals surface area contributed by atoms with Crippen molar-refractivity contribution in [3.63, 3.8) is 0 Å². The van der Waals surface area contributed by atoms with Crippen molar-refractivity contribution >= 4 is 19.8 Å². The topological polar surface area (TPSA) is 111 Å². The Kier molecular flexibility index (Phi) is 66.8. The summed E-state index contributed by atoms with van der Waals surface area (Å²) in [6, 6.07) is 0. The van der Waals surface area contributed by atoms with E-state index in [2.05, 4.69) is 86.8 Å². The lowest BCUT2D eigenvalue weighted by Gasteiger charge is -2.28. The maximum Gasteiger partial charge on any atom is 0.306 e. The Morgan fingerprint density at radius 1 is 0.364 bits per heavy atom. The molecule has 0 N–H and O–H groups in total. The van der Waals surface area contributed by atoms with Crippen LogP contribution in [0.2, 0.25) is 0 Å². The predicted molar refractivity (Wildman–Crippen MR) is 379 cm³/mol. The molecule has 0 fully saturated rings. The summed E-state index contributed by atoms with van der Waals surface area (Å²) in [6.07, 6.45) is 92.9. The number of quaternary nitrogens is 1. The van der Waals surface area contributed by atoms with Crippen molar-refractivity contribution in [1.82, 2.24) is 0 Å². The van der Waals surface area contributed by atoms with E-state index in [4.69, 9.17) is 18.5 Å². The Hall–Kier alpha value is -2.55. The summed E-state index contributed by atoms with van der Waals surface area (Å²) in [5, 5.41) is 0. The van der Waals surface area contributed by atoms with Crippen LogP contribution in [-0.4, -0.2) is 70.0 Å². The second-order valence-electron chi connectivity index (χ2n) is 26.6. The van der Waals surface area contributed by atoms with Gasteiger partial charge >= 0.3 is 11.9 Å². The van der Waals surface area contributed by atoms with Gasteiger partial charge in [-0.3, -0.25) is 14.2 Å². The summed E-state index contributed by atoms with van der Waals surface area (Å²) < 4.78 is 34.4. The maximum absolute atomic E-state index is 12.9. The first-order valence-corrected chi connectivity index (χ1v) is 39.1. The van der Waals surface area contributed by atoms with Crippen molar-refractivity contribution in [2.45, 2.75) is 367 Å². The number of esters is 2. The Morgan fingerprint density at radius 2 is 0.648 bits per heavy atom. The summed E-state index contributed by atoms with van der Waals surface area (Å²) in [4.78, 5) is 38.1. The van der Waals surface area contributed by atoms with Crippen LogP contribution in [0.25, 0.3) is 0 Å². The number of hydrogen-bond acceptors (Lipinski definition) is 8. The molecule has 0 saturated carbocycles. The first-order valence-electron chi connectivity index (χ1n) is 37.6. The Labute approximate surface area is 546 Å². The number of hydrogen-bond donors (Lipinski definition) is 0. The lowest BCUT2D eigenvalue weighted by atomic mass is 10.0. The van der Waals surface area contributed by atoms with Crippen molar-refractivity contribution in [1.29, 1.82) is 0 Å². The third kappa shape index (κ3) is 72.5. The number of ether oxygens (including phenoxy) is 2. The molecule has 0 saturated heterocycles. The average Bonchev–Trinajstić information content (AvgIpc) is 3.58. The number of phosphoric acid groups is 1.